The highest BCUT2D eigenvalue weighted by molar-refractivity contribution is 7.99. The third-order valence-electron chi connectivity index (χ3n) is 3.05. The summed E-state index contributed by atoms with van der Waals surface area (Å²) in [6.07, 6.45) is 1.00. The molecule has 0 spiro atoms. The molecule has 2 aromatic rings. The van der Waals surface area contributed by atoms with Crippen LogP contribution in [0.5, 0.6) is 5.75 Å². The minimum atomic E-state index is 0.0405. The summed E-state index contributed by atoms with van der Waals surface area (Å²) >= 11 is 1.41. The fourth-order valence-corrected chi connectivity index (χ4v) is 2.56. The number of amides is 1. The number of benzene rings is 1. The van der Waals surface area contributed by atoms with Crippen molar-refractivity contribution in [2.75, 3.05) is 19.4 Å². The Labute approximate surface area is 128 Å². The predicted octanol–water partition coefficient (Wildman–Crippen LogP) is 2.83. The number of aromatic nitrogens is 2. The van der Waals surface area contributed by atoms with Gasteiger partial charge in [0.25, 0.3) is 0 Å². The van der Waals surface area contributed by atoms with E-state index in [1.54, 1.807) is 7.11 Å². The number of nitrogens with one attached hydrogen (secondary N) is 2. The zero-order chi connectivity index (χ0) is 15.2. The predicted molar refractivity (Wildman–Crippen MR) is 85.8 cm³/mol. The van der Waals surface area contributed by atoms with Crippen molar-refractivity contribution in [2.45, 2.75) is 25.4 Å². The van der Waals surface area contributed by atoms with Crippen LogP contribution in [0, 0.1) is 5.92 Å². The maximum atomic E-state index is 11.7. The van der Waals surface area contributed by atoms with Gasteiger partial charge in [-0.05, 0) is 24.5 Å². The fraction of sp³-hybridized carbons (Fsp3) is 0.467. The third kappa shape index (κ3) is 4.67. The van der Waals surface area contributed by atoms with Gasteiger partial charge in [-0.15, -0.1) is 0 Å². The first-order chi connectivity index (χ1) is 10.1. The highest BCUT2D eigenvalue weighted by atomic mass is 32.2. The monoisotopic (exact) mass is 307 g/mol. The van der Waals surface area contributed by atoms with E-state index >= 15 is 0 Å². The van der Waals surface area contributed by atoms with E-state index in [1.807, 2.05) is 18.2 Å². The van der Waals surface area contributed by atoms with Crippen molar-refractivity contribution in [3.63, 3.8) is 0 Å². The number of imidazole rings is 1. The summed E-state index contributed by atoms with van der Waals surface area (Å²) in [6.45, 7) is 5.02. The van der Waals surface area contributed by atoms with Gasteiger partial charge in [0.05, 0.1) is 23.9 Å². The second-order valence-electron chi connectivity index (χ2n) is 5.25. The minimum Gasteiger partial charge on any atom is -0.497 e. The summed E-state index contributed by atoms with van der Waals surface area (Å²) in [6, 6.07) is 5.67. The van der Waals surface area contributed by atoms with Crippen LogP contribution in [-0.4, -0.2) is 35.3 Å². The SMILES string of the molecule is COc1ccc2nc(SCC(=O)NCCC(C)C)[nH]c2c1. The molecule has 0 saturated heterocycles. The fourth-order valence-electron chi connectivity index (χ4n) is 1.85. The normalized spacial score (nSPS) is 11.0. The Bertz CT molecular complexity index is 610. The Morgan fingerprint density at radius 2 is 2.29 bits per heavy atom. The highest BCUT2D eigenvalue weighted by Gasteiger charge is 2.07. The van der Waals surface area contributed by atoms with Crippen LogP contribution in [0.4, 0.5) is 0 Å². The summed E-state index contributed by atoms with van der Waals surface area (Å²) in [5, 5.41) is 3.66. The van der Waals surface area contributed by atoms with Crippen molar-refractivity contribution in [3.05, 3.63) is 18.2 Å². The Hall–Kier alpha value is -1.69. The molecule has 0 unspecified atom stereocenters. The Kier molecular flexibility index (Phi) is 5.50. The maximum Gasteiger partial charge on any atom is 0.230 e. The second kappa shape index (κ2) is 7.36. The average molecular weight is 307 g/mol. The zero-order valence-electron chi connectivity index (χ0n) is 12.6. The van der Waals surface area contributed by atoms with Crippen LogP contribution in [-0.2, 0) is 4.79 Å². The van der Waals surface area contributed by atoms with Crippen LogP contribution in [0.15, 0.2) is 23.4 Å². The van der Waals surface area contributed by atoms with Crippen molar-refractivity contribution in [1.29, 1.82) is 0 Å². The lowest BCUT2D eigenvalue weighted by Crippen LogP contribution is -2.26. The summed E-state index contributed by atoms with van der Waals surface area (Å²) in [4.78, 5) is 19.4. The van der Waals surface area contributed by atoms with Gasteiger partial charge in [0.1, 0.15) is 5.75 Å². The first kappa shape index (κ1) is 15.7. The third-order valence-corrected chi connectivity index (χ3v) is 3.92. The standard InChI is InChI=1S/C15H21N3O2S/c1-10(2)6-7-16-14(19)9-21-15-17-12-5-4-11(20-3)8-13(12)18-15/h4-5,8,10H,6-7,9H2,1-3H3,(H,16,19)(H,17,18). The van der Waals surface area contributed by atoms with E-state index in [-0.39, 0.29) is 5.91 Å². The molecule has 0 saturated carbocycles. The largest absolute Gasteiger partial charge is 0.497 e. The number of hydrogen-bond acceptors (Lipinski definition) is 4. The molecular weight excluding hydrogens is 286 g/mol. The van der Waals surface area contributed by atoms with Gasteiger partial charge in [-0.3, -0.25) is 4.79 Å². The van der Waals surface area contributed by atoms with E-state index < -0.39 is 0 Å². The number of ether oxygens (including phenoxy) is 1. The van der Waals surface area contributed by atoms with Gasteiger partial charge < -0.3 is 15.0 Å². The van der Waals surface area contributed by atoms with Crippen LogP contribution < -0.4 is 10.1 Å². The molecule has 6 heteroatoms. The van der Waals surface area contributed by atoms with Crippen molar-refractivity contribution in [3.8, 4) is 5.75 Å². The molecule has 0 aliphatic heterocycles. The van der Waals surface area contributed by atoms with Gasteiger partial charge in [0, 0.05) is 12.6 Å². The summed E-state index contributed by atoms with van der Waals surface area (Å²) in [5.41, 5.74) is 1.79. The number of thioether (sulfide) groups is 1. The Morgan fingerprint density at radius 3 is 3.00 bits per heavy atom. The summed E-state index contributed by atoms with van der Waals surface area (Å²) in [7, 11) is 1.63. The molecule has 0 bridgehead atoms. The number of H-pyrrole nitrogens is 1. The topological polar surface area (TPSA) is 67.0 Å². The number of carbonyl (C=O) groups excluding carboxylic acids is 1. The summed E-state index contributed by atoms with van der Waals surface area (Å²) < 4.78 is 5.17. The zero-order valence-corrected chi connectivity index (χ0v) is 13.4. The quantitative estimate of drug-likeness (QED) is 0.772. The molecule has 21 heavy (non-hydrogen) atoms. The minimum absolute atomic E-state index is 0.0405. The molecule has 114 valence electrons. The van der Waals surface area contributed by atoms with E-state index in [1.165, 1.54) is 11.8 Å². The smallest absolute Gasteiger partial charge is 0.230 e. The molecule has 2 N–H and O–H groups in total. The number of aromatic amines is 1. The lowest BCUT2D eigenvalue weighted by Gasteiger charge is -2.06. The van der Waals surface area contributed by atoms with Gasteiger partial charge in [-0.1, -0.05) is 25.6 Å². The van der Waals surface area contributed by atoms with Crippen LogP contribution in [0.25, 0.3) is 11.0 Å². The van der Waals surface area contributed by atoms with E-state index in [0.717, 1.165) is 34.9 Å². The van der Waals surface area contributed by atoms with E-state index in [9.17, 15) is 4.79 Å². The van der Waals surface area contributed by atoms with Gasteiger partial charge in [0.2, 0.25) is 5.91 Å². The number of methoxy groups -OCH3 is 1. The molecule has 1 aromatic carbocycles. The number of fused-ring (bicyclic) bond motifs is 1. The molecular formula is C15H21N3O2S. The van der Waals surface area contributed by atoms with Crippen molar-refractivity contribution < 1.29 is 9.53 Å². The van der Waals surface area contributed by atoms with Gasteiger partial charge in [-0.25, -0.2) is 4.98 Å². The van der Waals surface area contributed by atoms with Crippen LogP contribution in [0.1, 0.15) is 20.3 Å². The van der Waals surface area contributed by atoms with E-state index in [2.05, 4.69) is 29.1 Å². The maximum absolute atomic E-state index is 11.7. The molecule has 0 aliphatic carbocycles. The lowest BCUT2D eigenvalue weighted by atomic mass is 10.1. The average Bonchev–Trinajstić information content (AvgIpc) is 2.86. The van der Waals surface area contributed by atoms with E-state index in [0.29, 0.717) is 11.7 Å². The van der Waals surface area contributed by atoms with Crippen LogP contribution in [0.2, 0.25) is 0 Å². The molecule has 0 atom stereocenters. The Morgan fingerprint density at radius 1 is 1.48 bits per heavy atom. The first-order valence-corrected chi connectivity index (χ1v) is 8.00. The number of hydrogen-bond donors (Lipinski definition) is 2. The molecule has 0 radical (unpaired) electrons. The number of rotatable bonds is 7. The molecule has 0 fully saturated rings. The first-order valence-electron chi connectivity index (χ1n) is 7.01. The van der Waals surface area contributed by atoms with Gasteiger partial charge >= 0.3 is 0 Å². The highest BCUT2D eigenvalue weighted by Crippen LogP contribution is 2.22. The summed E-state index contributed by atoms with van der Waals surface area (Å²) in [5.74, 6) is 1.80. The van der Waals surface area contributed by atoms with Crippen molar-refractivity contribution in [1.82, 2.24) is 15.3 Å². The lowest BCUT2D eigenvalue weighted by molar-refractivity contribution is -0.118. The second-order valence-corrected chi connectivity index (χ2v) is 6.21. The molecule has 1 amide bonds. The van der Waals surface area contributed by atoms with Crippen LogP contribution >= 0.6 is 11.8 Å². The van der Waals surface area contributed by atoms with E-state index in [4.69, 9.17) is 4.74 Å². The molecule has 1 heterocycles. The van der Waals surface area contributed by atoms with Crippen molar-refractivity contribution in [2.24, 2.45) is 5.92 Å². The van der Waals surface area contributed by atoms with Gasteiger partial charge in [-0.2, -0.15) is 0 Å². The molecule has 1 aromatic heterocycles. The molecule has 0 aliphatic rings. The molecule has 2 rings (SSSR count). The van der Waals surface area contributed by atoms with Crippen LogP contribution in [0.3, 0.4) is 0 Å². The number of nitrogens with zero attached hydrogens (tertiary/aromatic N) is 1. The number of carbonyl (C=O) groups is 1. The van der Waals surface area contributed by atoms with Gasteiger partial charge in [0.15, 0.2) is 5.16 Å². The Balaban J connectivity index is 1.87. The van der Waals surface area contributed by atoms with Crippen molar-refractivity contribution >= 4 is 28.7 Å². The molecule has 5 nitrogen and oxygen atoms in total.